The molecule has 1 aliphatic heterocycles. The van der Waals surface area contributed by atoms with Crippen LogP contribution >= 0.6 is 11.6 Å². The fourth-order valence-corrected chi connectivity index (χ4v) is 3.54. The zero-order chi connectivity index (χ0) is 18.6. The number of pyridine rings is 1. The van der Waals surface area contributed by atoms with Gasteiger partial charge in [0.25, 0.3) is 5.89 Å². The molecule has 6 nitrogen and oxygen atoms in total. The normalized spacial score (nSPS) is 15.1. The van der Waals surface area contributed by atoms with E-state index in [9.17, 15) is 4.79 Å². The zero-order valence-corrected chi connectivity index (χ0v) is 15.5. The Kier molecular flexibility index (Phi) is 5.16. The molecule has 0 N–H and O–H groups in total. The summed E-state index contributed by atoms with van der Waals surface area (Å²) in [5, 5.41) is 4.78. The van der Waals surface area contributed by atoms with E-state index in [2.05, 4.69) is 15.1 Å². The first-order chi connectivity index (χ1) is 13.2. The number of hydrogen-bond donors (Lipinski definition) is 0. The summed E-state index contributed by atoms with van der Waals surface area (Å²) in [5.41, 5.74) is 1.75. The van der Waals surface area contributed by atoms with Crippen molar-refractivity contribution in [2.24, 2.45) is 0 Å². The maximum atomic E-state index is 12.5. The number of hydrogen-bond acceptors (Lipinski definition) is 5. The van der Waals surface area contributed by atoms with Gasteiger partial charge in [-0.15, -0.1) is 0 Å². The topological polar surface area (TPSA) is 72.1 Å². The van der Waals surface area contributed by atoms with E-state index >= 15 is 0 Å². The minimum atomic E-state index is 0.125. The number of nitrogens with zero attached hydrogens (tertiary/aromatic N) is 4. The Morgan fingerprint density at radius 1 is 1.22 bits per heavy atom. The molecule has 0 radical (unpaired) electrons. The minimum Gasteiger partial charge on any atom is -0.342 e. The van der Waals surface area contributed by atoms with E-state index in [1.807, 2.05) is 41.3 Å². The van der Waals surface area contributed by atoms with Gasteiger partial charge in [0.2, 0.25) is 5.91 Å². The van der Waals surface area contributed by atoms with Crippen LogP contribution in [0, 0.1) is 0 Å². The summed E-state index contributed by atoms with van der Waals surface area (Å²) < 4.78 is 5.37. The van der Waals surface area contributed by atoms with Crippen LogP contribution in [0.1, 0.15) is 30.1 Å². The Morgan fingerprint density at radius 2 is 2.07 bits per heavy atom. The number of likely N-dealkylation sites (tertiary alicyclic amines) is 1. The first-order valence-corrected chi connectivity index (χ1v) is 9.33. The molecule has 1 saturated heterocycles. The number of benzene rings is 1. The number of rotatable bonds is 4. The van der Waals surface area contributed by atoms with Gasteiger partial charge in [0.05, 0.1) is 12.0 Å². The SMILES string of the molecule is O=C(Cc1cccc(Cl)c1)N1CCC(c2noc(-c3cccnc3)n2)CC1. The molecule has 3 aromatic rings. The Bertz CT molecular complexity index is 920. The predicted molar refractivity (Wildman–Crippen MR) is 101 cm³/mol. The summed E-state index contributed by atoms with van der Waals surface area (Å²) in [7, 11) is 0. The molecule has 1 amide bonds. The van der Waals surface area contributed by atoms with E-state index in [0.717, 1.165) is 24.0 Å². The number of amides is 1. The predicted octanol–water partition coefficient (Wildman–Crippen LogP) is 3.73. The highest BCUT2D eigenvalue weighted by Crippen LogP contribution is 2.28. The van der Waals surface area contributed by atoms with Gasteiger partial charge in [0, 0.05) is 36.4 Å². The van der Waals surface area contributed by atoms with Gasteiger partial charge in [0.1, 0.15) is 0 Å². The van der Waals surface area contributed by atoms with Crippen molar-refractivity contribution in [3.05, 3.63) is 65.2 Å². The Labute approximate surface area is 162 Å². The molecule has 3 heterocycles. The Hall–Kier alpha value is -2.73. The number of piperidine rings is 1. The lowest BCUT2D eigenvalue weighted by Crippen LogP contribution is -2.39. The highest BCUT2D eigenvalue weighted by atomic mass is 35.5. The third-order valence-corrected chi connectivity index (χ3v) is 5.04. The van der Waals surface area contributed by atoms with Gasteiger partial charge in [-0.05, 0) is 42.7 Å². The van der Waals surface area contributed by atoms with Crippen molar-refractivity contribution in [2.45, 2.75) is 25.2 Å². The Balaban J connectivity index is 1.35. The Morgan fingerprint density at radius 3 is 2.81 bits per heavy atom. The summed E-state index contributed by atoms with van der Waals surface area (Å²) >= 11 is 6.00. The molecule has 1 aliphatic rings. The van der Waals surface area contributed by atoms with E-state index in [1.165, 1.54) is 0 Å². The van der Waals surface area contributed by atoms with Crippen LogP contribution in [0.4, 0.5) is 0 Å². The molecule has 4 rings (SSSR count). The van der Waals surface area contributed by atoms with Crippen molar-refractivity contribution in [3.63, 3.8) is 0 Å². The summed E-state index contributed by atoms with van der Waals surface area (Å²) in [4.78, 5) is 23.0. The molecule has 138 valence electrons. The van der Waals surface area contributed by atoms with Gasteiger partial charge in [-0.3, -0.25) is 9.78 Å². The largest absolute Gasteiger partial charge is 0.342 e. The van der Waals surface area contributed by atoms with Crippen LogP contribution in [0.15, 0.2) is 53.3 Å². The number of halogens is 1. The van der Waals surface area contributed by atoms with Crippen LogP contribution in [0.25, 0.3) is 11.5 Å². The van der Waals surface area contributed by atoms with Crippen LogP contribution in [0.2, 0.25) is 5.02 Å². The van der Waals surface area contributed by atoms with Crippen LogP contribution in [-0.4, -0.2) is 39.0 Å². The van der Waals surface area contributed by atoms with Gasteiger partial charge in [-0.1, -0.05) is 28.9 Å². The number of carbonyl (C=O) groups is 1. The summed E-state index contributed by atoms with van der Waals surface area (Å²) in [6.07, 6.45) is 5.44. The average molecular weight is 383 g/mol. The minimum absolute atomic E-state index is 0.125. The highest BCUT2D eigenvalue weighted by molar-refractivity contribution is 6.30. The fourth-order valence-electron chi connectivity index (χ4n) is 3.33. The van der Waals surface area contributed by atoms with Crippen LogP contribution < -0.4 is 0 Å². The van der Waals surface area contributed by atoms with Crippen molar-refractivity contribution < 1.29 is 9.32 Å². The van der Waals surface area contributed by atoms with Crippen molar-refractivity contribution in [1.82, 2.24) is 20.0 Å². The second-order valence-electron chi connectivity index (χ2n) is 6.66. The first-order valence-electron chi connectivity index (χ1n) is 8.95. The molecule has 0 spiro atoms. The monoisotopic (exact) mass is 382 g/mol. The van der Waals surface area contributed by atoms with Crippen LogP contribution in [-0.2, 0) is 11.2 Å². The molecule has 0 bridgehead atoms. The average Bonchev–Trinajstić information content (AvgIpc) is 3.19. The van der Waals surface area contributed by atoms with Crippen LogP contribution in [0.5, 0.6) is 0 Å². The summed E-state index contributed by atoms with van der Waals surface area (Å²) in [5.74, 6) is 1.52. The maximum Gasteiger partial charge on any atom is 0.259 e. The molecule has 0 unspecified atom stereocenters. The molecule has 27 heavy (non-hydrogen) atoms. The molecule has 0 atom stereocenters. The van der Waals surface area contributed by atoms with E-state index in [4.69, 9.17) is 16.1 Å². The number of carbonyl (C=O) groups excluding carboxylic acids is 1. The lowest BCUT2D eigenvalue weighted by molar-refractivity contribution is -0.131. The second-order valence-corrected chi connectivity index (χ2v) is 7.10. The first kappa shape index (κ1) is 17.7. The van der Waals surface area contributed by atoms with Crippen molar-refractivity contribution >= 4 is 17.5 Å². The molecule has 1 fully saturated rings. The van der Waals surface area contributed by atoms with Crippen LogP contribution in [0.3, 0.4) is 0 Å². The smallest absolute Gasteiger partial charge is 0.259 e. The quantitative estimate of drug-likeness (QED) is 0.687. The van der Waals surface area contributed by atoms with E-state index in [1.54, 1.807) is 12.4 Å². The molecular formula is C20H19ClN4O2. The molecule has 7 heteroatoms. The summed E-state index contributed by atoms with van der Waals surface area (Å²) in [6.45, 7) is 1.39. The summed E-state index contributed by atoms with van der Waals surface area (Å²) in [6, 6.07) is 11.2. The third kappa shape index (κ3) is 4.17. The maximum absolute atomic E-state index is 12.5. The van der Waals surface area contributed by atoms with E-state index in [0.29, 0.717) is 36.2 Å². The van der Waals surface area contributed by atoms with Gasteiger partial charge < -0.3 is 9.42 Å². The third-order valence-electron chi connectivity index (χ3n) is 4.81. The molecule has 1 aromatic carbocycles. The van der Waals surface area contributed by atoms with Crippen molar-refractivity contribution in [3.8, 4) is 11.5 Å². The fraction of sp³-hybridized carbons (Fsp3) is 0.300. The lowest BCUT2D eigenvalue weighted by Gasteiger charge is -2.30. The zero-order valence-electron chi connectivity index (χ0n) is 14.7. The molecule has 0 saturated carbocycles. The van der Waals surface area contributed by atoms with Crippen molar-refractivity contribution in [1.29, 1.82) is 0 Å². The second kappa shape index (κ2) is 7.88. The molecular weight excluding hydrogens is 364 g/mol. The van der Waals surface area contributed by atoms with Gasteiger partial charge >= 0.3 is 0 Å². The van der Waals surface area contributed by atoms with Crippen molar-refractivity contribution in [2.75, 3.05) is 13.1 Å². The van der Waals surface area contributed by atoms with Gasteiger partial charge in [0.15, 0.2) is 5.82 Å². The number of aromatic nitrogens is 3. The van der Waals surface area contributed by atoms with Gasteiger partial charge in [-0.25, -0.2) is 0 Å². The molecule has 0 aliphatic carbocycles. The van der Waals surface area contributed by atoms with E-state index < -0.39 is 0 Å². The lowest BCUT2D eigenvalue weighted by atomic mass is 9.95. The van der Waals surface area contributed by atoms with E-state index in [-0.39, 0.29) is 11.8 Å². The molecule has 2 aromatic heterocycles. The highest BCUT2D eigenvalue weighted by Gasteiger charge is 2.27. The van der Waals surface area contributed by atoms with Gasteiger partial charge in [-0.2, -0.15) is 4.98 Å². The standard InChI is InChI=1S/C20H19ClN4O2/c21-17-5-1-3-14(11-17)12-18(26)25-9-6-15(7-10-25)19-23-20(27-24-19)16-4-2-8-22-13-16/h1-5,8,11,13,15H,6-7,9-10,12H2.